The normalized spacial score (nSPS) is 9.92. The maximum Gasteiger partial charge on any atom is 0.257 e. The molecule has 7 heteroatoms. The lowest BCUT2D eigenvalue weighted by molar-refractivity contribution is 0.0749. The van der Waals surface area contributed by atoms with Gasteiger partial charge in [0.2, 0.25) is 0 Å². The number of nitrogen functional groups attached to an aromatic ring is 1. The molecule has 136 valence electrons. The lowest BCUT2D eigenvalue weighted by Gasteiger charge is -2.22. The van der Waals surface area contributed by atoms with Gasteiger partial charge in [-0.3, -0.25) is 4.79 Å². The number of hydrogen-bond donors (Lipinski definition) is 1. The first-order valence-electron chi connectivity index (χ1n) is 7.55. The number of hydrogen-bond acceptors (Lipinski definition) is 4. The number of amides is 1. The summed E-state index contributed by atoms with van der Waals surface area (Å²) in [5.74, 6) is 1.03. The van der Waals surface area contributed by atoms with Crippen LogP contribution in [0.1, 0.15) is 22.8 Å². The predicted molar refractivity (Wildman–Crippen MR) is 103 cm³/mol. The molecule has 0 aromatic heterocycles. The lowest BCUT2D eigenvalue weighted by atomic mass is 10.1. The molecule has 0 saturated heterocycles. The van der Waals surface area contributed by atoms with E-state index in [0.717, 1.165) is 11.3 Å². The van der Waals surface area contributed by atoms with Gasteiger partial charge in [-0.05, 0) is 30.7 Å². The number of halogens is 2. The first-order chi connectivity index (χ1) is 11.5. The van der Waals surface area contributed by atoms with Crippen LogP contribution in [0.2, 0.25) is 5.02 Å². The van der Waals surface area contributed by atoms with Crippen molar-refractivity contribution in [3.63, 3.8) is 0 Å². The highest BCUT2D eigenvalue weighted by Gasteiger charge is 2.20. The number of nitrogens with two attached hydrogens (primary N) is 1. The molecule has 2 aromatic rings. The molecule has 0 aliphatic carbocycles. The first kappa shape index (κ1) is 20.9. The minimum absolute atomic E-state index is 0. The summed E-state index contributed by atoms with van der Waals surface area (Å²) in [4.78, 5) is 14.6. The third-order valence-electron chi connectivity index (χ3n) is 3.75. The van der Waals surface area contributed by atoms with Crippen LogP contribution in [-0.2, 0) is 6.54 Å². The third-order valence-corrected chi connectivity index (χ3v) is 4.08. The van der Waals surface area contributed by atoms with Crippen LogP contribution in [0.25, 0.3) is 0 Å². The van der Waals surface area contributed by atoms with Gasteiger partial charge in [-0.2, -0.15) is 0 Å². The number of anilines is 1. The highest BCUT2D eigenvalue weighted by molar-refractivity contribution is 6.33. The van der Waals surface area contributed by atoms with Gasteiger partial charge in [-0.15, -0.1) is 12.4 Å². The molecule has 2 N–H and O–H groups in total. The van der Waals surface area contributed by atoms with Crippen LogP contribution < -0.4 is 15.2 Å². The fraction of sp³-hybridized carbons (Fsp3) is 0.278. The average Bonchev–Trinajstić information content (AvgIpc) is 2.61. The molecular weight excluding hydrogens is 363 g/mol. The van der Waals surface area contributed by atoms with Crippen molar-refractivity contribution in [2.45, 2.75) is 13.5 Å². The molecule has 0 fully saturated rings. The minimum atomic E-state index is -0.160. The summed E-state index contributed by atoms with van der Waals surface area (Å²) < 4.78 is 10.4. The summed E-state index contributed by atoms with van der Waals surface area (Å²) in [6.45, 7) is 2.95. The van der Waals surface area contributed by atoms with E-state index in [4.69, 9.17) is 26.8 Å². The van der Waals surface area contributed by atoms with Crippen molar-refractivity contribution in [2.24, 2.45) is 0 Å². The molecule has 2 aromatic carbocycles. The predicted octanol–water partition coefficient (Wildman–Crippen LogP) is 4.02. The number of carbonyl (C=O) groups excluding carboxylic acids is 1. The van der Waals surface area contributed by atoms with Crippen molar-refractivity contribution in [1.82, 2.24) is 4.90 Å². The van der Waals surface area contributed by atoms with Gasteiger partial charge in [-0.25, -0.2) is 0 Å². The maximum atomic E-state index is 12.9. The number of nitrogens with zero attached hydrogens (tertiary/aromatic N) is 1. The molecule has 0 radical (unpaired) electrons. The smallest absolute Gasteiger partial charge is 0.257 e. The molecule has 25 heavy (non-hydrogen) atoms. The standard InChI is InChI=1S/C18H21ClN2O3.ClH/c1-4-21(11-12-5-7-13(23-2)8-6-12)18(22)14-9-15(19)16(20)10-17(14)24-3;/h5-10H,4,11,20H2,1-3H3;1H. The van der Waals surface area contributed by atoms with Crippen molar-refractivity contribution >= 4 is 35.6 Å². The van der Waals surface area contributed by atoms with Crippen molar-refractivity contribution in [1.29, 1.82) is 0 Å². The Morgan fingerprint density at radius 3 is 2.32 bits per heavy atom. The third kappa shape index (κ3) is 4.94. The molecule has 0 atom stereocenters. The number of carbonyl (C=O) groups is 1. The summed E-state index contributed by atoms with van der Waals surface area (Å²) in [6.07, 6.45) is 0. The van der Waals surface area contributed by atoms with E-state index in [-0.39, 0.29) is 18.3 Å². The highest BCUT2D eigenvalue weighted by Crippen LogP contribution is 2.30. The molecular formula is C18H22Cl2N2O3. The largest absolute Gasteiger partial charge is 0.497 e. The SMILES string of the molecule is CCN(Cc1ccc(OC)cc1)C(=O)c1cc(Cl)c(N)cc1OC.Cl. The lowest BCUT2D eigenvalue weighted by Crippen LogP contribution is -2.30. The Balaban J connectivity index is 0.00000312. The van der Waals surface area contributed by atoms with E-state index in [1.165, 1.54) is 7.11 Å². The van der Waals surface area contributed by atoms with Crippen molar-refractivity contribution in [3.05, 3.63) is 52.5 Å². The molecule has 0 aliphatic rings. The minimum Gasteiger partial charge on any atom is -0.497 e. The van der Waals surface area contributed by atoms with Gasteiger partial charge in [0.15, 0.2) is 0 Å². The second-order valence-corrected chi connectivity index (χ2v) is 5.65. The topological polar surface area (TPSA) is 64.8 Å². The van der Waals surface area contributed by atoms with Gasteiger partial charge in [0, 0.05) is 19.2 Å². The fourth-order valence-corrected chi connectivity index (χ4v) is 2.52. The average molecular weight is 385 g/mol. The van der Waals surface area contributed by atoms with Crippen molar-refractivity contribution in [2.75, 3.05) is 26.5 Å². The van der Waals surface area contributed by atoms with Crippen LogP contribution >= 0.6 is 24.0 Å². The molecule has 0 saturated carbocycles. The quantitative estimate of drug-likeness (QED) is 0.763. The number of benzene rings is 2. The molecule has 0 unspecified atom stereocenters. The maximum absolute atomic E-state index is 12.9. The Morgan fingerprint density at radius 1 is 1.16 bits per heavy atom. The zero-order chi connectivity index (χ0) is 17.7. The molecule has 0 heterocycles. The van der Waals surface area contributed by atoms with Gasteiger partial charge >= 0.3 is 0 Å². The number of methoxy groups -OCH3 is 2. The fourth-order valence-electron chi connectivity index (χ4n) is 2.35. The summed E-state index contributed by atoms with van der Waals surface area (Å²) in [5.41, 5.74) is 7.56. The van der Waals surface area contributed by atoms with Crippen LogP contribution in [0.15, 0.2) is 36.4 Å². The second kappa shape index (κ2) is 9.39. The molecule has 1 amide bonds. The van der Waals surface area contributed by atoms with Crippen LogP contribution in [0.4, 0.5) is 5.69 Å². The zero-order valence-electron chi connectivity index (χ0n) is 14.4. The molecule has 0 bridgehead atoms. The molecule has 0 aliphatic heterocycles. The number of rotatable bonds is 6. The molecule has 2 rings (SSSR count). The summed E-state index contributed by atoms with van der Waals surface area (Å²) >= 11 is 6.06. The van der Waals surface area contributed by atoms with Crippen molar-refractivity contribution < 1.29 is 14.3 Å². The van der Waals surface area contributed by atoms with Gasteiger partial charge in [-0.1, -0.05) is 23.7 Å². The van der Waals surface area contributed by atoms with E-state index in [1.54, 1.807) is 24.1 Å². The summed E-state index contributed by atoms with van der Waals surface area (Å²) in [6, 6.07) is 10.7. The van der Waals surface area contributed by atoms with Gasteiger partial charge in [0.1, 0.15) is 11.5 Å². The van der Waals surface area contributed by atoms with E-state index < -0.39 is 0 Å². The van der Waals surface area contributed by atoms with Gasteiger partial charge < -0.3 is 20.1 Å². The number of ether oxygens (including phenoxy) is 2. The Bertz CT molecular complexity index is 721. The van der Waals surface area contributed by atoms with E-state index in [0.29, 0.717) is 35.1 Å². The Morgan fingerprint density at radius 2 is 1.80 bits per heavy atom. The Kier molecular flexibility index (Phi) is 7.87. The van der Waals surface area contributed by atoms with Crippen molar-refractivity contribution in [3.8, 4) is 11.5 Å². The van der Waals surface area contributed by atoms with E-state index >= 15 is 0 Å². The van der Waals surface area contributed by atoms with Gasteiger partial charge in [0.25, 0.3) is 5.91 Å². The summed E-state index contributed by atoms with van der Waals surface area (Å²) in [5, 5.41) is 0.333. The van der Waals surface area contributed by atoms with E-state index in [9.17, 15) is 4.79 Å². The van der Waals surface area contributed by atoms with Crippen LogP contribution in [0.3, 0.4) is 0 Å². The van der Waals surface area contributed by atoms with Gasteiger partial charge in [0.05, 0.1) is 30.5 Å². The van der Waals surface area contributed by atoms with E-state index in [2.05, 4.69) is 0 Å². The first-order valence-corrected chi connectivity index (χ1v) is 7.93. The van der Waals surface area contributed by atoms with Crippen LogP contribution in [-0.4, -0.2) is 31.6 Å². The second-order valence-electron chi connectivity index (χ2n) is 5.24. The van der Waals surface area contributed by atoms with Crippen LogP contribution in [0, 0.1) is 0 Å². The molecule has 5 nitrogen and oxygen atoms in total. The van der Waals surface area contributed by atoms with Crippen LogP contribution in [0.5, 0.6) is 11.5 Å². The highest BCUT2D eigenvalue weighted by atomic mass is 35.5. The summed E-state index contributed by atoms with van der Waals surface area (Å²) in [7, 11) is 3.12. The Labute approximate surface area is 159 Å². The monoisotopic (exact) mass is 384 g/mol. The Hall–Kier alpha value is -2.11. The molecule has 0 spiro atoms. The van der Waals surface area contributed by atoms with E-state index in [1.807, 2.05) is 31.2 Å². The zero-order valence-corrected chi connectivity index (χ0v) is 16.0.